The number of alkyl halides is 4. The van der Waals surface area contributed by atoms with Gasteiger partial charge in [0.1, 0.15) is 0 Å². The minimum atomic E-state index is -2.79. The number of carbonyl (C=O) groups excluding carboxylic acids is 2. The number of halogens is 4. The SMILES string of the molecule is O=C(CNC12CC3CC(NCC(=O)N4CCC(F)(F)C4)(CC3C1)C2)N1CCC(F)(F)C1. The number of nitrogens with one attached hydrogen (secondary N) is 2. The van der Waals surface area contributed by atoms with Crippen LogP contribution in [0.2, 0.25) is 0 Å². The molecule has 31 heavy (non-hydrogen) atoms. The zero-order chi connectivity index (χ0) is 22.1. The first-order chi connectivity index (χ1) is 14.5. The van der Waals surface area contributed by atoms with Crippen molar-refractivity contribution in [3.05, 3.63) is 0 Å². The van der Waals surface area contributed by atoms with Crippen LogP contribution in [0, 0.1) is 11.8 Å². The Morgan fingerprint density at radius 1 is 0.742 bits per heavy atom. The van der Waals surface area contributed by atoms with E-state index >= 15 is 0 Å². The topological polar surface area (TPSA) is 64.7 Å². The number of hydrogen-bond acceptors (Lipinski definition) is 4. The molecule has 2 saturated heterocycles. The van der Waals surface area contributed by atoms with Gasteiger partial charge >= 0.3 is 0 Å². The van der Waals surface area contributed by atoms with Crippen LogP contribution in [0.1, 0.15) is 44.9 Å². The fraction of sp³-hybridized carbons (Fsp3) is 0.905. The molecule has 6 nitrogen and oxygen atoms in total. The van der Waals surface area contributed by atoms with Gasteiger partial charge in [-0.3, -0.25) is 9.59 Å². The van der Waals surface area contributed by atoms with E-state index in [9.17, 15) is 27.2 Å². The van der Waals surface area contributed by atoms with Crippen molar-refractivity contribution in [1.82, 2.24) is 20.4 Å². The molecule has 10 heteroatoms. The highest BCUT2D eigenvalue weighted by Crippen LogP contribution is 2.61. The minimum Gasteiger partial charge on any atom is -0.335 e. The van der Waals surface area contributed by atoms with Crippen LogP contribution in [-0.2, 0) is 9.59 Å². The van der Waals surface area contributed by atoms with Gasteiger partial charge in [0.05, 0.1) is 26.2 Å². The third-order valence-corrected chi connectivity index (χ3v) is 8.23. The van der Waals surface area contributed by atoms with Crippen molar-refractivity contribution in [2.24, 2.45) is 11.8 Å². The van der Waals surface area contributed by atoms with E-state index in [0.29, 0.717) is 11.8 Å². The zero-order valence-corrected chi connectivity index (χ0v) is 17.6. The molecule has 174 valence electrons. The van der Waals surface area contributed by atoms with Crippen molar-refractivity contribution >= 4 is 11.8 Å². The Hall–Kier alpha value is -1.42. The lowest BCUT2D eigenvalue weighted by molar-refractivity contribution is -0.131. The van der Waals surface area contributed by atoms with Crippen LogP contribution in [-0.4, -0.2) is 83.8 Å². The van der Waals surface area contributed by atoms with Crippen LogP contribution < -0.4 is 10.6 Å². The van der Waals surface area contributed by atoms with Crippen molar-refractivity contribution in [3.8, 4) is 0 Å². The van der Waals surface area contributed by atoms with E-state index in [1.165, 1.54) is 9.80 Å². The molecule has 0 unspecified atom stereocenters. The molecule has 4 aliphatic carbocycles. The first kappa shape index (κ1) is 21.4. The summed E-state index contributed by atoms with van der Waals surface area (Å²) in [7, 11) is 0. The standard InChI is InChI=1S/C21H30F4N4O2/c22-20(23)1-3-28(12-20)16(30)9-26-18-5-14-7-19(11-18,8-15(14)6-18)27-10-17(31)29-4-2-21(24,25)13-29/h14-15,26-27H,1-13H2. The minimum absolute atomic E-state index is 0.0490. The average molecular weight is 446 g/mol. The van der Waals surface area contributed by atoms with Crippen molar-refractivity contribution in [3.63, 3.8) is 0 Å². The molecular weight excluding hydrogens is 416 g/mol. The quantitative estimate of drug-likeness (QED) is 0.609. The van der Waals surface area contributed by atoms with Crippen LogP contribution in [0.3, 0.4) is 0 Å². The third-order valence-electron chi connectivity index (χ3n) is 8.23. The summed E-state index contributed by atoms with van der Waals surface area (Å²) in [6, 6.07) is 0. The summed E-state index contributed by atoms with van der Waals surface area (Å²) in [5, 5.41) is 6.80. The van der Waals surface area contributed by atoms with E-state index in [2.05, 4.69) is 10.6 Å². The van der Waals surface area contributed by atoms with Crippen LogP contribution in [0.15, 0.2) is 0 Å². The fourth-order valence-electron chi connectivity index (χ4n) is 6.98. The summed E-state index contributed by atoms with van der Waals surface area (Å²) in [5.74, 6) is -5.16. The van der Waals surface area contributed by atoms with E-state index in [-0.39, 0.29) is 61.9 Å². The first-order valence-corrected chi connectivity index (χ1v) is 11.3. The Bertz CT molecular complexity index is 702. The molecule has 4 saturated carbocycles. The molecule has 2 N–H and O–H groups in total. The van der Waals surface area contributed by atoms with Crippen LogP contribution in [0.4, 0.5) is 17.6 Å². The molecule has 6 fully saturated rings. The van der Waals surface area contributed by atoms with Gasteiger partial charge in [-0.1, -0.05) is 0 Å². The number of amides is 2. The second-order valence-corrected chi connectivity index (χ2v) is 10.6. The summed E-state index contributed by atoms with van der Waals surface area (Å²) >= 11 is 0. The third kappa shape index (κ3) is 4.05. The van der Waals surface area contributed by atoms with E-state index in [1.54, 1.807) is 0 Å². The van der Waals surface area contributed by atoms with Crippen LogP contribution in [0.25, 0.3) is 0 Å². The zero-order valence-electron chi connectivity index (χ0n) is 17.6. The summed E-state index contributed by atoms with van der Waals surface area (Å²) in [5.41, 5.74) is -0.444. The van der Waals surface area contributed by atoms with Crippen LogP contribution >= 0.6 is 0 Å². The molecular formula is C21H30F4N4O2. The van der Waals surface area contributed by atoms with Gasteiger partial charge in [-0.15, -0.1) is 0 Å². The predicted octanol–water partition coefficient (Wildman–Crippen LogP) is 1.60. The normalized spacial score (nSPS) is 39.6. The predicted molar refractivity (Wildman–Crippen MR) is 104 cm³/mol. The van der Waals surface area contributed by atoms with Gasteiger partial charge in [-0.25, -0.2) is 17.6 Å². The molecule has 4 bridgehead atoms. The summed E-state index contributed by atoms with van der Waals surface area (Å²) in [4.78, 5) is 27.3. The molecule has 0 aromatic heterocycles. The molecule has 6 aliphatic rings. The molecule has 0 spiro atoms. The molecule has 0 radical (unpaired) electrons. The summed E-state index contributed by atoms with van der Waals surface area (Å²) in [6.45, 7) is -0.728. The largest absolute Gasteiger partial charge is 0.335 e. The second kappa shape index (κ2) is 7.04. The highest BCUT2D eigenvalue weighted by molar-refractivity contribution is 5.79. The van der Waals surface area contributed by atoms with Gasteiger partial charge in [0.2, 0.25) is 11.8 Å². The Balaban J connectivity index is 1.16. The highest BCUT2D eigenvalue weighted by atomic mass is 19.3. The first-order valence-electron chi connectivity index (χ1n) is 11.3. The molecule has 0 atom stereocenters. The van der Waals surface area contributed by atoms with Gasteiger partial charge in [-0.05, 0) is 43.9 Å². The van der Waals surface area contributed by atoms with Crippen molar-refractivity contribution in [1.29, 1.82) is 0 Å². The van der Waals surface area contributed by atoms with E-state index in [1.807, 2.05) is 0 Å². The molecule has 0 aromatic carbocycles. The van der Waals surface area contributed by atoms with E-state index in [4.69, 9.17) is 0 Å². The van der Waals surface area contributed by atoms with Gasteiger partial charge in [0, 0.05) is 37.0 Å². The lowest BCUT2D eigenvalue weighted by Crippen LogP contribution is -2.61. The van der Waals surface area contributed by atoms with Gasteiger partial charge in [0.25, 0.3) is 11.8 Å². The van der Waals surface area contributed by atoms with Crippen molar-refractivity contribution in [2.75, 3.05) is 39.3 Å². The number of carbonyl (C=O) groups is 2. The van der Waals surface area contributed by atoms with Crippen LogP contribution in [0.5, 0.6) is 0 Å². The highest BCUT2D eigenvalue weighted by Gasteiger charge is 2.62. The monoisotopic (exact) mass is 446 g/mol. The number of nitrogens with zero attached hydrogens (tertiary/aromatic N) is 2. The van der Waals surface area contributed by atoms with Gasteiger partial charge in [0.15, 0.2) is 0 Å². The average Bonchev–Trinajstić information content (AvgIpc) is 3.37. The lowest BCUT2D eigenvalue weighted by Gasteiger charge is -2.47. The smallest absolute Gasteiger partial charge is 0.267 e. The maximum absolute atomic E-state index is 13.4. The van der Waals surface area contributed by atoms with Gasteiger partial charge < -0.3 is 20.4 Å². The Morgan fingerprint density at radius 3 is 1.45 bits per heavy atom. The Kier molecular flexibility index (Phi) is 4.86. The molecule has 6 rings (SSSR count). The lowest BCUT2D eigenvalue weighted by atomic mass is 9.70. The number of hydrogen-bond donors (Lipinski definition) is 2. The van der Waals surface area contributed by atoms with Gasteiger partial charge in [-0.2, -0.15) is 0 Å². The summed E-state index contributed by atoms with van der Waals surface area (Å²) in [6.07, 6.45) is 4.03. The van der Waals surface area contributed by atoms with E-state index in [0.717, 1.165) is 32.1 Å². The molecule has 2 aliphatic heterocycles. The number of likely N-dealkylation sites (tertiary alicyclic amines) is 2. The van der Waals surface area contributed by atoms with Crippen molar-refractivity contribution in [2.45, 2.75) is 67.9 Å². The molecule has 0 aromatic rings. The Morgan fingerprint density at radius 2 is 1.13 bits per heavy atom. The summed E-state index contributed by atoms with van der Waals surface area (Å²) < 4.78 is 53.7. The fourth-order valence-corrected chi connectivity index (χ4v) is 6.98. The number of rotatable bonds is 6. The van der Waals surface area contributed by atoms with Crippen molar-refractivity contribution < 1.29 is 27.2 Å². The Labute approximate surface area is 179 Å². The molecule has 2 amide bonds. The maximum atomic E-state index is 13.4. The maximum Gasteiger partial charge on any atom is 0.267 e. The van der Waals surface area contributed by atoms with E-state index < -0.39 is 24.9 Å². The molecule has 2 heterocycles. The second-order valence-electron chi connectivity index (χ2n) is 10.6.